The Labute approximate surface area is 112 Å². The molecule has 0 spiro atoms. The van der Waals surface area contributed by atoms with Gasteiger partial charge in [-0.15, -0.1) is 0 Å². The molecule has 18 heavy (non-hydrogen) atoms. The Kier molecular flexibility index (Phi) is 2.98. The fourth-order valence-electron chi connectivity index (χ4n) is 2.25. The van der Waals surface area contributed by atoms with Gasteiger partial charge >= 0.3 is 112 Å². The molecule has 1 aromatic heterocycles. The topological polar surface area (TPSA) is 29.5 Å². The summed E-state index contributed by atoms with van der Waals surface area (Å²) < 4.78 is 6.81. The second kappa shape index (κ2) is 4.63. The molecule has 0 radical (unpaired) electrons. The molecule has 2 aromatic rings. The Morgan fingerprint density at radius 3 is 2.94 bits per heavy atom. The minimum atomic E-state index is -0.200. The van der Waals surface area contributed by atoms with Crippen LogP contribution in [0, 0.1) is 0 Å². The number of esters is 1. The van der Waals surface area contributed by atoms with Crippen LogP contribution in [0.3, 0.4) is 0 Å². The molecule has 0 aliphatic carbocycles. The number of hydrogen-bond acceptors (Lipinski definition) is 3. The molecule has 1 aliphatic rings. The predicted octanol–water partition coefficient (Wildman–Crippen LogP) is 2.22. The minimum absolute atomic E-state index is 0.0601. The third-order valence-electron chi connectivity index (χ3n) is 3.13. The normalized spacial score (nSPS) is 13.5. The zero-order chi connectivity index (χ0) is 12.5. The van der Waals surface area contributed by atoms with E-state index in [-0.39, 0.29) is 20.5 Å². The Hall–Kier alpha value is -1.51. The molecule has 3 rings (SSSR count). The quantitative estimate of drug-likeness (QED) is 0.629. The number of hydrogen-bond donors (Lipinski definition) is 0. The van der Waals surface area contributed by atoms with Gasteiger partial charge in [0.1, 0.15) is 0 Å². The van der Waals surface area contributed by atoms with Crippen molar-refractivity contribution in [3.63, 3.8) is 0 Å². The van der Waals surface area contributed by atoms with Crippen LogP contribution < -0.4 is 4.90 Å². The van der Waals surface area contributed by atoms with Crippen LogP contribution in [0.4, 0.5) is 10.2 Å². The van der Waals surface area contributed by atoms with Crippen molar-refractivity contribution in [3.8, 4) is 0 Å². The van der Waals surface area contributed by atoms with E-state index in [1.54, 1.807) is 0 Å². The van der Waals surface area contributed by atoms with E-state index < -0.39 is 0 Å². The first-order valence-corrected chi connectivity index (χ1v) is 7.54. The van der Waals surface area contributed by atoms with Crippen molar-refractivity contribution in [2.45, 2.75) is 6.42 Å². The molecule has 0 atom stereocenters. The number of carbonyl (C=O) groups excluding carboxylic acids is 1. The van der Waals surface area contributed by atoms with Crippen molar-refractivity contribution in [1.29, 1.82) is 0 Å². The van der Waals surface area contributed by atoms with Gasteiger partial charge in [-0.25, -0.2) is 0 Å². The van der Waals surface area contributed by atoms with Crippen molar-refractivity contribution < 1.29 is 9.53 Å². The number of benzene rings is 1. The van der Waals surface area contributed by atoms with Crippen LogP contribution >= 0.6 is 0 Å². The summed E-state index contributed by atoms with van der Waals surface area (Å²) in [4.78, 5) is 13.8. The zero-order valence-electron chi connectivity index (χ0n) is 10.1. The summed E-state index contributed by atoms with van der Waals surface area (Å²) in [5.41, 5.74) is 2.67. The van der Waals surface area contributed by atoms with Gasteiger partial charge < -0.3 is 0 Å². The van der Waals surface area contributed by atoms with Crippen LogP contribution in [0.2, 0.25) is 0 Å². The van der Waals surface area contributed by atoms with Crippen molar-refractivity contribution in [2.75, 3.05) is 18.6 Å². The van der Waals surface area contributed by atoms with Crippen molar-refractivity contribution >= 4 is 30.7 Å². The number of carbonyl (C=O) groups is 1. The summed E-state index contributed by atoms with van der Waals surface area (Å²) >= 11 is 0.0601. The van der Waals surface area contributed by atoms with Crippen molar-refractivity contribution in [3.05, 3.63) is 46.4 Å². The third-order valence-corrected chi connectivity index (χ3v) is 5.41. The van der Waals surface area contributed by atoms with Gasteiger partial charge in [0.25, 0.3) is 0 Å². The van der Waals surface area contributed by atoms with Crippen molar-refractivity contribution in [2.24, 2.45) is 0 Å². The van der Waals surface area contributed by atoms with Crippen molar-refractivity contribution in [1.82, 2.24) is 0 Å². The fourth-order valence-corrected chi connectivity index (χ4v) is 4.27. The molecule has 92 valence electrons. The van der Waals surface area contributed by atoms with Gasteiger partial charge in [-0.3, -0.25) is 0 Å². The maximum absolute atomic E-state index is 11.5. The Morgan fingerprint density at radius 2 is 2.11 bits per heavy atom. The molecular weight excluding hydrogens is 293 g/mol. The molecule has 0 saturated carbocycles. The van der Waals surface area contributed by atoms with Crippen LogP contribution in [-0.4, -0.2) is 34.1 Å². The van der Waals surface area contributed by atoms with Gasteiger partial charge in [0, 0.05) is 0 Å². The number of fused-ring (bicyclic) bond motifs is 1. The van der Waals surface area contributed by atoms with Gasteiger partial charge in [-0.1, -0.05) is 0 Å². The van der Waals surface area contributed by atoms with Gasteiger partial charge in [-0.05, 0) is 0 Å². The summed E-state index contributed by atoms with van der Waals surface area (Å²) in [5, 5.41) is 0. The van der Waals surface area contributed by atoms with Crippen LogP contribution in [0.1, 0.15) is 14.8 Å². The summed E-state index contributed by atoms with van der Waals surface area (Å²) in [7, 11) is 1.43. The average Bonchev–Trinajstić information content (AvgIpc) is 3.03. The predicted molar refractivity (Wildman–Crippen MR) is 71.9 cm³/mol. The van der Waals surface area contributed by atoms with E-state index in [1.807, 2.05) is 12.1 Å². The second-order valence-electron chi connectivity index (χ2n) is 4.16. The molecule has 2 heterocycles. The van der Waals surface area contributed by atoms with Crippen LogP contribution in [0.15, 0.2) is 36.4 Å². The number of ether oxygens (including phenoxy) is 1. The summed E-state index contributed by atoms with van der Waals surface area (Å²) in [6.07, 6.45) is 1.08. The molecule has 0 saturated heterocycles. The van der Waals surface area contributed by atoms with E-state index in [9.17, 15) is 4.79 Å². The van der Waals surface area contributed by atoms with E-state index in [0.717, 1.165) is 17.4 Å². The summed E-state index contributed by atoms with van der Waals surface area (Å²) in [6, 6.07) is 12.4. The molecule has 0 fully saturated rings. The number of rotatable bonds is 2. The molecule has 0 bridgehead atoms. The SMILES string of the molecule is COC(=O)c1ccc(N2CCc3ccccc32)[se]1. The molecule has 0 amide bonds. The molecule has 3 nitrogen and oxygen atoms in total. The second-order valence-corrected chi connectivity index (χ2v) is 6.39. The standard InChI is InChI=1S/C14H13NO2Se/c1-17-14(16)12-6-7-13(18-12)15-9-8-10-4-2-3-5-11(10)15/h2-7H,8-9H2,1H3. The number of para-hydroxylation sites is 1. The summed E-state index contributed by atoms with van der Waals surface area (Å²) in [5.74, 6) is -0.200. The Balaban J connectivity index is 1.93. The van der Waals surface area contributed by atoms with E-state index in [0.29, 0.717) is 0 Å². The molecule has 4 heteroatoms. The molecular formula is C14H13NO2Se. The van der Waals surface area contributed by atoms with Gasteiger partial charge in [0.2, 0.25) is 0 Å². The average molecular weight is 306 g/mol. The first-order chi connectivity index (χ1) is 8.79. The number of methoxy groups -OCH3 is 1. The monoisotopic (exact) mass is 307 g/mol. The van der Waals surface area contributed by atoms with Crippen LogP contribution in [0.25, 0.3) is 0 Å². The van der Waals surface area contributed by atoms with E-state index in [4.69, 9.17) is 4.74 Å². The molecule has 1 aromatic carbocycles. The first kappa shape index (κ1) is 11.6. The third kappa shape index (κ3) is 1.88. The zero-order valence-corrected chi connectivity index (χ0v) is 11.8. The van der Waals surface area contributed by atoms with Gasteiger partial charge in [-0.2, -0.15) is 0 Å². The number of anilines is 2. The molecule has 0 unspecified atom stereocenters. The fraction of sp³-hybridized carbons (Fsp3) is 0.214. The van der Waals surface area contributed by atoms with Crippen LogP contribution in [0.5, 0.6) is 0 Å². The van der Waals surface area contributed by atoms with E-state index >= 15 is 0 Å². The van der Waals surface area contributed by atoms with Crippen LogP contribution in [-0.2, 0) is 11.2 Å². The van der Waals surface area contributed by atoms with E-state index in [2.05, 4.69) is 29.2 Å². The maximum atomic E-state index is 11.5. The Bertz CT molecular complexity index is 591. The summed E-state index contributed by atoms with van der Waals surface area (Å²) in [6.45, 7) is 1.01. The molecule has 0 N–H and O–H groups in total. The van der Waals surface area contributed by atoms with E-state index in [1.165, 1.54) is 22.9 Å². The van der Waals surface area contributed by atoms with Gasteiger partial charge in [0.15, 0.2) is 0 Å². The number of nitrogens with zero attached hydrogens (tertiary/aromatic N) is 1. The molecule has 1 aliphatic heterocycles. The first-order valence-electron chi connectivity index (χ1n) is 5.83. The van der Waals surface area contributed by atoms with Gasteiger partial charge in [0.05, 0.1) is 0 Å². The Morgan fingerprint density at radius 1 is 1.28 bits per heavy atom.